The standard InChI is InChI=1S/C17H26N2O4/c1-4-5-6-15(13-7-9-14(23-3)10-8-13)18-17(22)19(2)12-11-16(20)21/h7-10,15H,4-6,11-12H2,1-3H3,(H,18,22)(H,20,21). The van der Waals surface area contributed by atoms with E-state index in [-0.39, 0.29) is 25.0 Å². The molecule has 0 bridgehead atoms. The minimum absolute atomic E-state index is 0.0634. The van der Waals surface area contributed by atoms with E-state index in [4.69, 9.17) is 9.84 Å². The third-order valence-corrected chi connectivity index (χ3v) is 3.67. The lowest BCUT2D eigenvalue weighted by atomic mass is 10.0. The number of nitrogens with one attached hydrogen (secondary N) is 1. The molecule has 128 valence electrons. The Morgan fingerprint density at radius 3 is 2.48 bits per heavy atom. The molecule has 1 aromatic carbocycles. The lowest BCUT2D eigenvalue weighted by Crippen LogP contribution is -2.40. The normalized spacial score (nSPS) is 11.6. The van der Waals surface area contributed by atoms with Crippen LogP contribution >= 0.6 is 0 Å². The fourth-order valence-corrected chi connectivity index (χ4v) is 2.19. The number of carbonyl (C=O) groups excluding carboxylic acids is 1. The molecule has 0 heterocycles. The Morgan fingerprint density at radius 1 is 1.30 bits per heavy atom. The van der Waals surface area contributed by atoms with E-state index in [2.05, 4.69) is 12.2 Å². The van der Waals surface area contributed by atoms with Gasteiger partial charge in [-0.2, -0.15) is 0 Å². The molecule has 0 fully saturated rings. The summed E-state index contributed by atoms with van der Waals surface area (Å²) in [7, 11) is 3.21. The number of rotatable bonds is 9. The molecule has 6 nitrogen and oxygen atoms in total. The molecule has 0 aliphatic rings. The average molecular weight is 322 g/mol. The molecule has 23 heavy (non-hydrogen) atoms. The largest absolute Gasteiger partial charge is 0.497 e. The molecule has 0 saturated carbocycles. The number of carbonyl (C=O) groups is 2. The molecule has 1 aromatic rings. The van der Waals surface area contributed by atoms with Crippen molar-refractivity contribution in [2.24, 2.45) is 0 Å². The van der Waals surface area contributed by atoms with E-state index in [9.17, 15) is 9.59 Å². The van der Waals surface area contributed by atoms with Crippen molar-refractivity contribution in [3.63, 3.8) is 0 Å². The van der Waals surface area contributed by atoms with Crippen molar-refractivity contribution in [1.29, 1.82) is 0 Å². The minimum atomic E-state index is -0.915. The van der Waals surface area contributed by atoms with Gasteiger partial charge in [0.1, 0.15) is 5.75 Å². The van der Waals surface area contributed by atoms with Crippen LogP contribution in [0.2, 0.25) is 0 Å². The van der Waals surface area contributed by atoms with Gasteiger partial charge in [0.25, 0.3) is 0 Å². The van der Waals surface area contributed by atoms with Crippen molar-refractivity contribution >= 4 is 12.0 Å². The van der Waals surface area contributed by atoms with Gasteiger partial charge < -0.3 is 20.1 Å². The van der Waals surface area contributed by atoms with Crippen molar-refractivity contribution in [3.8, 4) is 5.75 Å². The first-order valence-electron chi connectivity index (χ1n) is 7.85. The number of ether oxygens (including phenoxy) is 1. The number of urea groups is 1. The number of carboxylic acid groups (broad SMARTS) is 1. The predicted molar refractivity (Wildman–Crippen MR) is 88.7 cm³/mol. The van der Waals surface area contributed by atoms with Gasteiger partial charge in [-0.3, -0.25) is 4.79 Å². The van der Waals surface area contributed by atoms with Crippen LogP contribution in [0.15, 0.2) is 24.3 Å². The first-order chi connectivity index (χ1) is 11.0. The summed E-state index contributed by atoms with van der Waals surface area (Å²) in [5.41, 5.74) is 1.01. The van der Waals surface area contributed by atoms with Crippen molar-refractivity contribution in [2.75, 3.05) is 20.7 Å². The molecule has 0 radical (unpaired) electrons. The maximum absolute atomic E-state index is 12.2. The number of unbranched alkanes of at least 4 members (excludes halogenated alkanes) is 1. The Bertz CT molecular complexity index is 502. The highest BCUT2D eigenvalue weighted by Gasteiger charge is 2.17. The number of nitrogens with zero attached hydrogens (tertiary/aromatic N) is 1. The summed E-state index contributed by atoms with van der Waals surface area (Å²) in [6, 6.07) is 7.26. The average Bonchev–Trinajstić information content (AvgIpc) is 2.56. The summed E-state index contributed by atoms with van der Waals surface area (Å²) in [5, 5.41) is 11.7. The highest BCUT2D eigenvalue weighted by molar-refractivity contribution is 5.75. The Morgan fingerprint density at radius 2 is 1.96 bits per heavy atom. The van der Waals surface area contributed by atoms with E-state index in [1.165, 1.54) is 4.90 Å². The highest BCUT2D eigenvalue weighted by Crippen LogP contribution is 2.22. The number of hydrogen-bond acceptors (Lipinski definition) is 3. The molecule has 0 saturated heterocycles. The first-order valence-corrected chi connectivity index (χ1v) is 7.85. The quantitative estimate of drug-likeness (QED) is 0.732. The van der Waals surface area contributed by atoms with E-state index in [1.54, 1.807) is 14.2 Å². The van der Waals surface area contributed by atoms with E-state index in [0.29, 0.717) is 0 Å². The van der Waals surface area contributed by atoms with Crippen LogP contribution in [0.1, 0.15) is 44.2 Å². The molecule has 0 aliphatic carbocycles. The van der Waals surface area contributed by atoms with E-state index < -0.39 is 5.97 Å². The van der Waals surface area contributed by atoms with Crippen LogP contribution in [0, 0.1) is 0 Å². The third kappa shape index (κ3) is 6.59. The zero-order valence-electron chi connectivity index (χ0n) is 14.0. The van der Waals surface area contributed by atoms with Gasteiger partial charge in [0, 0.05) is 13.6 Å². The van der Waals surface area contributed by atoms with Crippen LogP contribution in [0.25, 0.3) is 0 Å². The maximum atomic E-state index is 12.2. The van der Waals surface area contributed by atoms with Crippen LogP contribution < -0.4 is 10.1 Å². The molecular weight excluding hydrogens is 296 g/mol. The van der Waals surface area contributed by atoms with Crippen molar-refractivity contribution < 1.29 is 19.4 Å². The lowest BCUT2D eigenvalue weighted by molar-refractivity contribution is -0.137. The number of hydrogen-bond donors (Lipinski definition) is 2. The van der Waals surface area contributed by atoms with Gasteiger partial charge in [0.05, 0.1) is 19.6 Å². The molecular formula is C17H26N2O4. The maximum Gasteiger partial charge on any atom is 0.317 e. The molecule has 0 aliphatic heterocycles. The van der Waals surface area contributed by atoms with Crippen LogP contribution in [-0.4, -0.2) is 42.7 Å². The summed E-state index contributed by atoms with van der Waals surface area (Å²) >= 11 is 0. The van der Waals surface area contributed by atoms with Crippen LogP contribution in [0.3, 0.4) is 0 Å². The Hall–Kier alpha value is -2.24. The third-order valence-electron chi connectivity index (χ3n) is 3.67. The second-order valence-corrected chi connectivity index (χ2v) is 5.48. The first kappa shape index (κ1) is 18.8. The van der Waals surface area contributed by atoms with E-state index in [0.717, 1.165) is 30.6 Å². The summed E-state index contributed by atoms with van der Waals surface area (Å²) in [6.07, 6.45) is 2.81. The van der Waals surface area contributed by atoms with Gasteiger partial charge in [-0.1, -0.05) is 31.9 Å². The van der Waals surface area contributed by atoms with Crippen molar-refractivity contribution in [1.82, 2.24) is 10.2 Å². The van der Waals surface area contributed by atoms with Crippen molar-refractivity contribution in [3.05, 3.63) is 29.8 Å². The molecule has 0 spiro atoms. The summed E-state index contributed by atoms with van der Waals surface area (Å²) in [6.45, 7) is 2.29. The SMILES string of the molecule is CCCCC(NC(=O)N(C)CCC(=O)O)c1ccc(OC)cc1. The summed E-state index contributed by atoms with van der Waals surface area (Å²) < 4.78 is 5.15. The predicted octanol–water partition coefficient (Wildman–Crippen LogP) is 3.04. The topological polar surface area (TPSA) is 78.9 Å². The smallest absolute Gasteiger partial charge is 0.317 e. The molecule has 2 N–H and O–H groups in total. The zero-order valence-corrected chi connectivity index (χ0v) is 14.0. The van der Waals surface area contributed by atoms with Gasteiger partial charge >= 0.3 is 12.0 Å². The number of aliphatic carboxylic acids is 1. The zero-order chi connectivity index (χ0) is 17.2. The lowest BCUT2D eigenvalue weighted by Gasteiger charge is -2.24. The fourth-order valence-electron chi connectivity index (χ4n) is 2.19. The van der Waals surface area contributed by atoms with Gasteiger partial charge in [-0.15, -0.1) is 0 Å². The van der Waals surface area contributed by atoms with Crippen molar-refractivity contribution in [2.45, 2.75) is 38.6 Å². The minimum Gasteiger partial charge on any atom is -0.497 e. The number of carboxylic acids is 1. The van der Waals surface area contributed by atoms with Gasteiger partial charge in [0.15, 0.2) is 0 Å². The van der Waals surface area contributed by atoms with Crippen LogP contribution in [-0.2, 0) is 4.79 Å². The highest BCUT2D eigenvalue weighted by atomic mass is 16.5. The molecule has 0 aromatic heterocycles. The Kier molecular flexibility index (Phi) is 7.94. The van der Waals surface area contributed by atoms with Gasteiger partial charge in [-0.25, -0.2) is 4.79 Å². The van der Waals surface area contributed by atoms with E-state index in [1.807, 2.05) is 24.3 Å². The van der Waals surface area contributed by atoms with Gasteiger partial charge in [-0.05, 0) is 24.1 Å². The van der Waals surface area contributed by atoms with Crippen LogP contribution in [0.4, 0.5) is 4.79 Å². The Balaban J connectivity index is 2.72. The molecule has 1 atom stereocenters. The fraction of sp³-hybridized carbons (Fsp3) is 0.529. The number of methoxy groups -OCH3 is 1. The monoisotopic (exact) mass is 322 g/mol. The number of amides is 2. The molecule has 2 amide bonds. The Labute approximate surface area is 137 Å². The molecule has 1 rings (SSSR count). The second kappa shape index (κ2) is 9.71. The van der Waals surface area contributed by atoms with Gasteiger partial charge in [0.2, 0.25) is 0 Å². The number of benzene rings is 1. The summed E-state index contributed by atoms with van der Waals surface area (Å²) in [4.78, 5) is 24.2. The summed E-state index contributed by atoms with van der Waals surface area (Å²) in [5.74, 6) is -0.143. The van der Waals surface area contributed by atoms with Crippen LogP contribution in [0.5, 0.6) is 5.75 Å². The molecule has 6 heteroatoms. The van der Waals surface area contributed by atoms with E-state index >= 15 is 0 Å². The molecule has 1 unspecified atom stereocenters. The second-order valence-electron chi connectivity index (χ2n) is 5.48.